The zero-order valence-electron chi connectivity index (χ0n) is 4.05. The van der Waals surface area contributed by atoms with Crippen LogP contribution in [0.4, 0.5) is 0 Å². The molecule has 1 radical (unpaired) electrons. The molecule has 0 aromatic carbocycles. The topological polar surface area (TPSA) is 25.8 Å². The zero-order valence-corrected chi connectivity index (χ0v) is 4.05. The Kier molecular flexibility index (Phi) is 1.02. The molecule has 0 fully saturated rings. The summed E-state index contributed by atoms with van der Waals surface area (Å²) in [5.74, 6) is 0. The molecule has 0 amide bonds. The van der Waals surface area contributed by atoms with E-state index in [-0.39, 0.29) is 0 Å². The van der Waals surface area contributed by atoms with E-state index in [4.69, 9.17) is 0 Å². The van der Waals surface area contributed by atoms with E-state index in [0.29, 0.717) is 0 Å². The molecule has 2 heteroatoms. The highest BCUT2D eigenvalue weighted by Gasteiger charge is 1.75. The predicted octanol–water partition coefficient (Wildman–Crippen LogP) is 0.585. The van der Waals surface area contributed by atoms with Crippen LogP contribution in [0.15, 0.2) is 12.5 Å². The third-order valence-electron chi connectivity index (χ3n) is 0.666. The van der Waals surface area contributed by atoms with E-state index < -0.39 is 0 Å². The Hall–Kier alpha value is -0.920. The lowest BCUT2D eigenvalue weighted by Crippen LogP contribution is -1.78. The van der Waals surface area contributed by atoms with Crippen molar-refractivity contribution in [2.45, 2.75) is 6.92 Å². The molecule has 0 saturated heterocycles. The van der Waals surface area contributed by atoms with Crippen LogP contribution in [0.5, 0.6) is 0 Å². The van der Waals surface area contributed by atoms with E-state index in [2.05, 4.69) is 16.0 Å². The van der Waals surface area contributed by atoms with Gasteiger partial charge in [-0.2, -0.15) is 0 Å². The smallest absolute Gasteiger partial charge is 0.115 e. The van der Waals surface area contributed by atoms with Gasteiger partial charge in [-0.3, -0.25) is 0 Å². The molecule has 0 unspecified atom stereocenters. The van der Waals surface area contributed by atoms with Gasteiger partial charge in [0.2, 0.25) is 0 Å². The number of aromatic nitrogens is 2. The first kappa shape index (κ1) is 4.24. The van der Waals surface area contributed by atoms with Crippen LogP contribution in [-0.2, 0) is 0 Å². The normalized spacial score (nSPS) is 8.71. The summed E-state index contributed by atoms with van der Waals surface area (Å²) in [7, 11) is 0. The van der Waals surface area contributed by atoms with Gasteiger partial charge in [0.15, 0.2) is 0 Å². The Balaban J connectivity index is 3.02. The van der Waals surface area contributed by atoms with E-state index in [1.54, 1.807) is 6.20 Å². The van der Waals surface area contributed by atoms with E-state index in [1.807, 2.05) is 6.92 Å². The Morgan fingerprint density at radius 1 is 1.71 bits per heavy atom. The van der Waals surface area contributed by atoms with Crippen molar-refractivity contribution in [2.24, 2.45) is 0 Å². The highest BCUT2D eigenvalue weighted by atomic mass is 14.8. The largest absolute Gasteiger partial charge is 0.244 e. The maximum atomic E-state index is 3.81. The third-order valence-corrected chi connectivity index (χ3v) is 0.666. The fourth-order valence-electron chi connectivity index (χ4n) is 0.321. The lowest BCUT2D eigenvalue weighted by Gasteiger charge is -1.80. The Bertz CT molecular complexity index is 136. The van der Waals surface area contributed by atoms with Crippen molar-refractivity contribution in [3.05, 3.63) is 24.3 Å². The lowest BCUT2D eigenvalue weighted by molar-refractivity contribution is 1.10. The van der Waals surface area contributed by atoms with Crippen LogP contribution in [0.25, 0.3) is 0 Å². The van der Waals surface area contributed by atoms with E-state index >= 15 is 0 Å². The van der Waals surface area contributed by atoms with Crippen LogP contribution >= 0.6 is 0 Å². The third kappa shape index (κ3) is 0.961. The van der Waals surface area contributed by atoms with Gasteiger partial charge in [0.25, 0.3) is 0 Å². The molecule has 0 aliphatic rings. The molecule has 0 aliphatic heterocycles. The second-order valence-corrected chi connectivity index (χ2v) is 1.25. The fraction of sp³-hybridized carbons (Fsp3) is 0.200. The standard InChI is InChI=1S/C5H5N2/c1-5-2-3-6-4-7-5/h3-4H,1H3. The quantitative estimate of drug-likeness (QED) is 0.469. The van der Waals surface area contributed by atoms with Crippen LogP contribution < -0.4 is 0 Å². The summed E-state index contributed by atoms with van der Waals surface area (Å²) < 4.78 is 0. The van der Waals surface area contributed by atoms with Crippen LogP contribution in [0.1, 0.15) is 5.69 Å². The first-order valence-corrected chi connectivity index (χ1v) is 2.04. The number of rotatable bonds is 0. The molecule has 7 heavy (non-hydrogen) atoms. The van der Waals surface area contributed by atoms with E-state index in [1.165, 1.54) is 6.33 Å². The van der Waals surface area contributed by atoms with Gasteiger partial charge in [-0.25, -0.2) is 9.97 Å². The number of hydrogen-bond donors (Lipinski definition) is 0. The first-order valence-electron chi connectivity index (χ1n) is 2.04. The molecule has 0 bridgehead atoms. The second-order valence-electron chi connectivity index (χ2n) is 1.25. The first-order chi connectivity index (χ1) is 3.39. The zero-order chi connectivity index (χ0) is 5.11. The molecule has 2 nitrogen and oxygen atoms in total. The summed E-state index contributed by atoms with van der Waals surface area (Å²) in [4.78, 5) is 7.49. The van der Waals surface area contributed by atoms with Crippen molar-refractivity contribution in [1.82, 2.24) is 9.97 Å². The molecule has 0 aliphatic carbocycles. The maximum Gasteiger partial charge on any atom is 0.115 e. The van der Waals surface area contributed by atoms with Crippen LogP contribution in [-0.4, -0.2) is 9.97 Å². The van der Waals surface area contributed by atoms with Gasteiger partial charge in [0, 0.05) is 18.0 Å². The Morgan fingerprint density at radius 2 is 2.57 bits per heavy atom. The molecule has 0 spiro atoms. The number of nitrogens with zero attached hydrogens (tertiary/aromatic N) is 2. The second kappa shape index (κ2) is 1.69. The molecule has 0 atom stereocenters. The van der Waals surface area contributed by atoms with Crippen molar-refractivity contribution in [1.29, 1.82) is 0 Å². The van der Waals surface area contributed by atoms with Crippen molar-refractivity contribution in [3.8, 4) is 0 Å². The molecule has 0 N–H and O–H groups in total. The van der Waals surface area contributed by atoms with E-state index in [9.17, 15) is 0 Å². The van der Waals surface area contributed by atoms with Crippen LogP contribution in [0, 0.1) is 13.0 Å². The highest BCUT2D eigenvalue weighted by molar-refractivity contribution is 4.89. The molecule has 0 saturated carbocycles. The van der Waals surface area contributed by atoms with Gasteiger partial charge >= 0.3 is 0 Å². The minimum absolute atomic E-state index is 0.884. The van der Waals surface area contributed by atoms with Crippen LogP contribution in [0.2, 0.25) is 0 Å². The Morgan fingerprint density at radius 3 is 2.86 bits per heavy atom. The molecule has 1 aromatic heterocycles. The maximum absolute atomic E-state index is 3.81. The number of aryl methyl sites for hydroxylation is 1. The monoisotopic (exact) mass is 93.0 g/mol. The summed E-state index contributed by atoms with van der Waals surface area (Å²) in [6, 6.07) is 2.81. The van der Waals surface area contributed by atoms with Crippen molar-refractivity contribution >= 4 is 0 Å². The molecule has 1 rings (SSSR count). The average Bonchev–Trinajstić information content (AvgIpc) is 1.69. The van der Waals surface area contributed by atoms with Gasteiger partial charge in [-0.1, -0.05) is 0 Å². The highest BCUT2D eigenvalue weighted by Crippen LogP contribution is 1.80. The van der Waals surface area contributed by atoms with Crippen molar-refractivity contribution < 1.29 is 0 Å². The molecule has 1 aromatic rings. The molecular weight excluding hydrogens is 88.1 g/mol. The van der Waals surface area contributed by atoms with Crippen LogP contribution in [0.3, 0.4) is 0 Å². The number of hydrogen-bond acceptors (Lipinski definition) is 2. The summed E-state index contributed by atoms with van der Waals surface area (Å²) >= 11 is 0. The average molecular weight is 93.1 g/mol. The summed E-state index contributed by atoms with van der Waals surface area (Å²) in [5, 5.41) is 0. The van der Waals surface area contributed by atoms with Gasteiger partial charge in [0.05, 0.1) is 0 Å². The van der Waals surface area contributed by atoms with Gasteiger partial charge in [-0.05, 0) is 6.92 Å². The van der Waals surface area contributed by atoms with Gasteiger partial charge < -0.3 is 0 Å². The SMILES string of the molecule is Cc1[c]cncn1. The predicted molar refractivity (Wildman–Crippen MR) is 25.6 cm³/mol. The lowest BCUT2D eigenvalue weighted by atomic mass is 10.5. The van der Waals surface area contributed by atoms with Crippen molar-refractivity contribution in [3.63, 3.8) is 0 Å². The molecule has 1 heterocycles. The van der Waals surface area contributed by atoms with Gasteiger partial charge in [-0.15, -0.1) is 0 Å². The fourth-order valence-corrected chi connectivity index (χ4v) is 0.321. The van der Waals surface area contributed by atoms with Gasteiger partial charge in [0.1, 0.15) is 6.33 Å². The minimum atomic E-state index is 0.884. The van der Waals surface area contributed by atoms with E-state index in [0.717, 1.165) is 5.69 Å². The summed E-state index contributed by atoms with van der Waals surface area (Å²) in [6.07, 6.45) is 3.11. The minimum Gasteiger partial charge on any atom is -0.244 e. The van der Waals surface area contributed by atoms with Crippen molar-refractivity contribution in [2.75, 3.05) is 0 Å². The summed E-state index contributed by atoms with van der Waals surface area (Å²) in [6.45, 7) is 1.88. The molecule has 35 valence electrons. The summed E-state index contributed by atoms with van der Waals surface area (Å²) in [5.41, 5.74) is 0.884. The molecular formula is C5H5N2. The Labute approximate surface area is 42.2 Å².